The minimum Gasteiger partial charge on any atom is -0.467 e. The summed E-state index contributed by atoms with van der Waals surface area (Å²) in [6.45, 7) is 2.07. The van der Waals surface area contributed by atoms with Crippen LogP contribution in [0.25, 0.3) is 0 Å². The average Bonchev–Trinajstić information content (AvgIpc) is 2.73. The summed E-state index contributed by atoms with van der Waals surface area (Å²) in [7, 11) is 0. The number of halogens is 2. The van der Waals surface area contributed by atoms with Gasteiger partial charge >= 0.3 is 0 Å². The van der Waals surface area contributed by atoms with Crippen LogP contribution < -0.4 is 11.1 Å². The van der Waals surface area contributed by atoms with Gasteiger partial charge in [0.15, 0.2) is 0 Å². The number of hydrogen-bond donors (Lipinski definition) is 2. The first-order valence-electron chi connectivity index (χ1n) is 5.54. The number of carbonyl (C=O) groups is 1. The predicted octanol–water partition coefficient (Wildman–Crippen LogP) is 2.58. The molecular formula is C13H12F2N2O2. The van der Waals surface area contributed by atoms with Crippen molar-refractivity contribution in [2.24, 2.45) is 5.73 Å². The first kappa shape index (κ1) is 13.1. The van der Waals surface area contributed by atoms with Crippen LogP contribution in [0.4, 0.5) is 14.5 Å². The van der Waals surface area contributed by atoms with E-state index in [9.17, 15) is 13.6 Å². The average molecular weight is 266 g/mol. The van der Waals surface area contributed by atoms with Gasteiger partial charge in [0.2, 0.25) is 0 Å². The molecule has 0 fully saturated rings. The van der Waals surface area contributed by atoms with E-state index in [0.29, 0.717) is 11.8 Å². The van der Waals surface area contributed by atoms with Gasteiger partial charge in [0.25, 0.3) is 5.91 Å². The first-order valence-corrected chi connectivity index (χ1v) is 5.54. The van der Waals surface area contributed by atoms with E-state index in [0.717, 1.165) is 11.6 Å². The van der Waals surface area contributed by atoms with Crippen molar-refractivity contribution in [2.45, 2.75) is 13.5 Å². The van der Waals surface area contributed by atoms with Gasteiger partial charge < -0.3 is 15.5 Å². The van der Waals surface area contributed by atoms with Crippen molar-refractivity contribution in [1.29, 1.82) is 0 Å². The lowest BCUT2D eigenvalue weighted by Crippen LogP contribution is -2.14. The molecular weight excluding hydrogens is 254 g/mol. The zero-order chi connectivity index (χ0) is 14.0. The first-order chi connectivity index (χ1) is 8.99. The zero-order valence-corrected chi connectivity index (χ0v) is 10.2. The van der Waals surface area contributed by atoms with Gasteiger partial charge in [0.05, 0.1) is 24.1 Å². The van der Waals surface area contributed by atoms with Crippen LogP contribution in [0.5, 0.6) is 0 Å². The number of furan rings is 1. The van der Waals surface area contributed by atoms with Crippen molar-refractivity contribution < 1.29 is 18.0 Å². The Morgan fingerprint density at radius 3 is 2.68 bits per heavy atom. The van der Waals surface area contributed by atoms with Crippen LogP contribution in [0.3, 0.4) is 0 Å². The predicted molar refractivity (Wildman–Crippen MR) is 65.6 cm³/mol. The lowest BCUT2D eigenvalue weighted by Gasteiger charge is -2.08. The molecule has 3 N–H and O–H groups in total. The number of benzene rings is 1. The highest BCUT2D eigenvalue weighted by Gasteiger charge is 2.14. The van der Waals surface area contributed by atoms with Crippen LogP contribution in [-0.2, 0) is 6.54 Å². The van der Waals surface area contributed by atoms with Gasteiger partial charge in [-0.05, 0) is 24.6 Å². The van der Waals surface area contributed by atoms with Crippen molar-refractivity contribution in [3.63, 3.8) is 0 Å². The topological polar surface area (TPSA) is 68.3 Å². The fourth-order valence-corrected chi connectivity index (χ4v) is 1.63. The Morgan fingerprint density at radius 1 is 1.37 bits per heavy atom. The molecule has 0 bridgehead atoms. The van der Waals surface area contributed by atoms with E-state index >= 15 is 0 Å². The standard InChI is InChI=1S/C13H12F2N2O2/c1-7-2-3-19-12(7)6-17-11-4-8(13(16)18)9(14)5-10(11)15/h2-5,17H,6H2,1H3,(H2,16,18). The highest BCUT2D eigenvalue weighted by atomic mass is 19.1. The molecule has 0 atom stereocenters. The largest absolute Gasteiger partial charge is 0.467 e. The molecule has 0 radical (unpaired) electrons. The van der Waals surface area contributed by atoms with Crippen molar-refractivity contribution in [3.05, 3.63) is 53.0 Å². The summed E-state index contributed by atoms with van der Waals surface area (Å²) in [5.74, 6) is -2.10. The summed E-state index contributed by atoms with van der Waals surface area (Å²) in [5, 5.41) is 2.74. The third kappa shape index (κ3) is 2.73. The Labute approximate surface area is 108 Å². The van der Waals surface area contributed by atoms with Crippen LogP contribution in [-0.4, -0.2) is 5.91 Å². The molecule has 0 spiro atoms. The summed E-state index contributed by atoms with van der Waals surface area (Å²) in [6.07, 6.45) is 1.52. The van der Waals surface area contributed by atoms with Crippen LogP contribution in [0.1, 0.15) is 21.7 Å². The maximum absolute atomic E-state index is 13.5. The maximum Gasteiger partial charge on any atom is 0.251 e. The number of hydrogen-bond acceptors (Lipinski definition) is 3. The van der Waals surface area contributed by atoms with Crippen LogP contribution >= 0.6 is 0 Å². The highest BCUT2D eigenvalue weighted by molar-refractivity contribution is 5.94. The van der Waals surface area contributed by atoms with Crippen molar-refractivity contribution in [2.75, 3.05) is 5.32 Å². The molecule has 0 aliphatic rings. The van der Waals surface area contributed by atoms with E-state index in [2.05, 4.69) is 5.32 Å². The molecule has 0 saturated heterocycles. The molecule has 19 heavy (non-hydrogen) atoms. The maximum atomic E-state index is 13.5. The van der Waals surface area contributed by atoms with E-state index in [-0.39, 0.29) is 17.8 Å². The van der Waals surface area contributed by atoms with E-state index < -0.39 is 17.5 Å². The SMILES string of the molecule is Cc1ccoc1CNc1cc(C(N)=O)c(F)cc1F. The molecule has 0 saturated carbocycles. The Bertz CT molecular complexity index is 623. The summed E-state index contributed by atoms with van der Waals surface area (Å²) in [5.41, 5.74) is 5.54. The molecule has 0 aliphatic heterocycles. The smallest absolute Gasteiger partial charge is 0.251 e. The number of aryl methyl sites for hydroxylation is 1. The quantitative estimate of drug-likeness (QED) is 0.893. The van der Waals surface area contributed by atoms with Gasteiger partial charge in [0.1, 0.15) is 17.4 Å². The van der Waals surface area contributed by atoms with Gasteiger partial charge in [-0.1, -0.05) is 0 Å². The molecule has 1 amide bonds. The monoisotopic (exact) mass is 266 g/mol. The molecule has 6 heteroatoms. The van der Waals surface area contributed by atoms with Crippen molar-refractivity contribution >= 4 is 11.6 Å². The normalized spacial score (nSPS) is 10.5. The van der Waals surface area contributed by atoms with Gasteiger partial charge in [-0.15, -0.1) is 0 Å². The fraction of sp³-hybridized carbons (Fsp3) is 0.154. The van der Waals surface area contributed by atoms with Crippen LogP contribution in [0.15, 0.2) is 28.9 Å². The van der Waals surface area contributed by atoms with E-state index in [1.165, 1.54) is 6.26 Å². The highest BCUT2D eigenvalue weighted by Crippen LogP contribution is 2.20. The number of nitrogens with two attached hydrogens (primary N) is 1. The van der Waals surface area contributed by atoms with Gasteiger partial charge in [-0.2, -0.15) is 0 Å². The van der Waals surface area contributed by atoms with Gasteiger partial charge in [-0.25, -0.2) is 8.78 Å². The lowest BCUT2D eigenvalue weighted by molar-refractivity contribution is 0.0996. The number of primary amides is 1. The molecule has 1 aromatic carbocycles. The molecule has 1 heterocycles. The zero-order valence-electron chi connectivity index (χ0n) is 10.2. The molecule has 0 aliphatic carbocycles. The molecule has 2 rings (SSSR count). The Hall–Kier alpha value is -2.37. The van der Waals surface area contributed by atoms with Crippen LogP contribution in [0, 0.1) is 18.6 Å². The third-order valence-corrected chi connectivity index (χ3v) is 2.73. The number of carbonyl (C=O) groups excluding carboxylic acids is 1. The van der Waals surface area contributed by atoms with Crippen molar-refractivity contribution in [3.8, 4) is 0 Å². The Morgan fingerprint density at radius 2 is 2.11 bits per heavy atom. The summed E-state index contributed by atoms with van der Waals surface area (Å²) in [6, 6.07) is 3.44. The second-order valence-electron chi connectivity index (χ2n) is 4.06. The molecule has 100 valence electrons. The molecule has 4 nitrogen and oxygen atoms in total. The molecule has 1 aromatic heterocycles. The van der Waals surface area contributed by atoms with Gasteiger partial charge in [0, 0.05) is 6.07 Å². The molecule has 0 unspecified atom stereocenters. The number of nitrogens with one attached hydrogen (secondary N) is 1. The van der Waals surface area contributed by atoms with Crippen molar-refractivity contribution in [1.82, 2.24) is 0 Å². The minimum absolute atomic E-state index is 0.00833. The fourth-order valence-electron chi connectivity index (χ4n) is 1.63. The second-order valence-corrected chi connectivity index (χ2v) is 4.06. The number of rotatable bonds is 4. The van der Waals surface area contributed by atoms with Gasteiger partial charge in [-0.3, -0.25) is 4.79 Å². The minimum atomic E-state index is -0.982. The number of anilines is 1. The lowest BCUT2D eigenvalue weighted by atomic mass is 10.1. The van der Waals surface area contributed by atoms with E-state index in [1.807, 2.05) is 6.92 Å². The second kappa shape index (κ2) is 5.09. The Balaban J connectivity index is 2.23. The summed E-state index contributed by atoms with van der Waals surface area (Å²) in [4.78, 5) is 11.0. The molecule has 2 aromatic rings. The number of amides is 1. The summed E-state index contributed by atoms with van der Waals surface area (Å²) < 4.78 is 32.0. The van der Waals surface area contributed by atoms with Crippen LogP contribution in [0.2, 0.25) is 0 Å². The van der Waals surface area contributed by atoms with E-state index in [1.54, 1.807) is 6.07 Å². The Kier molecular flexibility index (Phi) is 3.50. The third-order valence-electron chi connectivity index (χ3n) is 2.73. The van der Waals surface area contributed by atoms with E-state index in [4.69, 9.17) is 10.2 Å². The summed E-state index contributed by atoms with van der Waals surface area (Å²) >= 11 is 0.